The molecule has 0 fully saturated rings. The van der Waals surface area contributed by atoms with E-state index >= 15 is 0 Å². The van der Waals surface area contributed by atoms with Gasteiger partial charge in [0.05, 0.1) is 6.10 Å². The van der Waals surface area contributed by atoms with Crippen molar-refractivity contribution >= 4 is 5.69 Å². The van der Waals surface area contributed by atoms with Gasteiger partial charge in [-0.25, -0.2) is 0 Å². The number of nitrogens with one attached hydrogen (secondary N) is 1. The van der Waals surface area contributed by atoms with Gasteiger partial charge in [-0.1, -0.05) is 29.8 Å². The van der Waals surface area contributed by atoms with Gasteiger partial charge >= 0.3 is 0 Å². The Morgan fingerprint density at radius 2 is 1.57 bits per heavy atom. The third kappa shape index (κ3) is 4.25. The second-order valence-corrected chi connectivity index (χ2v) is 5.92. The van der Waals surface area contributed by atoms with Crippen molar-refractivity contribution < 1.29 is 4.74 Å². The number of aryl methyl sites for hydroxylation is 2. The van der Waals surface area contributed by atoms with E-state index in [-0.39, 0.29) is 12.1 Å². The van der Waals surface area contributed by atoms with Gasteiger partial charge in [-0.3, -0.25) is 0 Å². The standard InChI is InChI=1S/C19H25NO/c1-13(2)21-18-9-7-17(8-10-18)16(5)20-19-11-6-14(3)12-15(19)4/h6-13,16,20H,1-5H3. The molecular formula is C19H25NO. The number of anilines is 1. The van der Waals surface area contributed by atoms with Crippen LogP contribution in [0.4, 0.5) is 5.69 Å². The van der Waals surface area contributed by atoms with Crippen LogP contribution in [-0.4, -0.2) is 6.10 Å². The predicted octanol–water partition coefficient (Wildman–Crippen LogP) is 5.26. The molecule has 0 aliphatic heterocycles. The van der Waals surface area contributed by atoms with Crippen molar-refractivity contribution in [1.82, 2.24) is 0 Å². The molecule has 1 unspecified atom stereocenters. The van der Waals surface area contributed by atoms with Crippen LogP contribution in [0.3, 0.4) is 0 Å². The summed E-state index contributed by atoms with van der Waals surface area (Å²) in [5, 5.41) is 3.57. The Labute approximate surface area is 128 Å². The van der Waals surface area contributed by atoms with Gasteiger partial charge in [0, 0.05) is 11.7 Å². The average Bonchev–Trinajstić information content (AvgIpc) is 2.42. The summed E-state index contributed by atoms with van der Waals surface area (Å²) >= 11 is 0. The van der Waals surface area contributed by atoms with Crippen LogP contribution in [0.1, 0.15) is 43.5 Å². The molecule has 0 aliphatic rings. The summed E-state index contributed by atoms with van der Waals surface area (Å²) in [6.07, 6.45) is 0.210. The van der Waals surface area contributed by atoms with Crippen LogP contribution in [0.5, 0.6) is 5.75 Å². The molecule has 21 heavy (non-hydrogen) atoms. The lowest BCUT2D eigenvalue weighted by molar-refractivity contribution is 0.242. The summed E-state index contributed by atoms with van der Waals surface area (Å²) in [6.45, 7) is 10.5. The molecule has 2 aromatic carbocycles. The van der Waals surface area contributed by atoms with Crippen LogP contribution in [0, 0.1) is 13.8 Å². The molecule has 0 spiro atoms. The van der Waals surface area contributed by atoms with Gasteiger partial charge in [0.1, 0.15) is 5.75 Å². The predicted molar refractivity (Wildman–Crippen MR) is 90.2 cm³/mol. The van der Waals surface area contributed by atoms with E-state index in [1.54, 1.807) is 0 Å². The third-order valence-electron chi connectivity index (χ3n) is 3.51. The van der Waals surface area contributed by atoms with Gasteiger partial charge in [-0.05, 0) is 63.9 Å². The molecule has 0 saturated carbocycles. The quantitative estimate of drug-likeness (QED) is 0.807. The average molecular weight is 283 g/mol. The summed E-state index contributed by atoms with van der Waals surface area (Å²) in [5.41, 5.74) is 5.02. The molecule has 0 saturated heterocycles. The summed E-state index contributed by atoms with van der Waals surface area (Å²) in [6, 6.07) is 15.1. The summed E-state index contributed by atoms with van der Waals surface area (Å²) in [4.78, 5) is 0. The minimum Gasteiger partial charge on any atom is -0.491 e. The minimum absolute atomic E-state index is 0.210. The van der Waals surface area contributed by atoms with Gasteiger partial charge in [0.25, 0.3) is 0 Å². The molecule has 2 rings (SSSR count). The lowest BCUT2D eigenvalue weighted by Gasteiger charge is -2.18. The summed E-state index contributed by atoms with van der Waals surface area (Å²) in [7, 11) is 0. The molecule has 0 heterocycles. The molecular weight excluding hydrogens is 258 g/mol. The second-order valence-electron chi connectivity index (χ2n) is 5.92. The van der Waals surface area contributed by atoms with Crippen LogP contribution >= 0.6 is 0 Å². The third-order valence-corrected chi connectivity index (χ3v) is 3.51. The SMILES string of the molecule is Cc1ccc(NC(C)c2ccc(OC(C)C)cc2)c(C)c1. The first-order valence-corrected chi connectivity index (χ1v) is 7.56. The Bertz CT molecular complexity index is 587. The molecule has 0 aromatic heterocycles. The van der Waals surface area contributed by atoms with Gasteiger partial charge in [-0.2, -0.15) is 0 Å². The highest BCUT2D eigenvalue weighted by atomic mass is 16.5. The maximum atomic E-state index is 5.68. The lowest BCUT2D eigenvalue weighted by Crippen LogP contribution is -2.08. The molecule has 2 heteroatoms. The zero-order chi connectivity index (χ0) is 15.4. The Balaban J connectivity index is 2.07. The van der Waals surface area contributed by atoms with Gasteiger partial charge < -0.3 is 10.1 Å². The van der Waals surface area contributed by atoms with Crippen LogP contribution in [0.25, 0.3) is 0 Å². The monoisotopic (exact) mass is 283 g/mol. The van der Waals surface area contributed by atoms with Crippen molar-refractivity contribution in [3.8, 4) is 5.75 Å². The molecule has 0 amide bonds. The maximum Gasteiger partial charge on any atom is 0.119 e. The van der Waals surface area contributed by atoms with Crippen molar-refractivity contribution in [1.29, 1.82) is 0 Å². The topological polar surface area (TPSA) is 21.3 Å². The second kappa shape index (κ2) is 6.66. The fraction of sp³-hybridized carbons (Fsp3) is 0.368. The van der Waals surface area contributed by atoms with Crippen molar-refractivity contribution in [2.24, 2.45) is 0 Å². The number of rotatable bonds is 5. The van der Waals surface area contributed by atoms with E-state index in [0.717, 1.165) is 5.75 Å². The van der Waals surface area contributed by atoms with Crippen LogP contribution in [-0.2, 0) is 0 Å². The fourth-order valence-electron chi connectivity index (χ4n) is 2.40. The zero-order valence-electron chi connectivity index (χ0n) is 13.6. The van der Waals surface area contributed by atoms with E-state index in [1.807, 2.05) is 26.0 Å². The fourth-order valence-corrected chi connectivity index (χ4v) is 2.40. The first kappa shape index (κ1) is 15.4. The van der Waals surface area contributed by atoms with Crippen LogP contribution < -0.4 is 10.1 Å². The molecule has 2 nitrogen and oxygen atoms in total. The minimum atomic E-state index is 0.210. The lowest BCUT2D eigenvalue weighted by atomic mass is 10.1. The van der Waals surface area contributed by atoms with Gasteiger partial charge in [0.2, 0.25) is 0 Å². The van der Waals surface area contributed by atoms with Crippen LogP contribution in [0.2, 0.25) is 0 Å². The number of benzene rings is 2. The van der Waals surface area contributed by atoms with E-state index in [4.69, 9.17) is 4.74 Å². The van der Waals surface area contributed by atoms with Crippen molar-refractivity contribution in [3.05, 3.63) is 59.2 Å². The Kier molecular flexibility index (Phi) is 4.89. The highest BCUT2D eigenvalue weighted by Gasteiger charge is 2.07. The number of hydrogen-bond acceptors (Lipinski definition) is 2. The van der Waals surface area contributed by atoms with Crippen molar-refractivity contribution in [2.75, 3.05) is 5.32 Å². The Morgan fingerprint density at radius 3 is 2.14 bits per heavy atom. The van der Waals surface area contributed by atoms with Crippen LogP contribution in [0.15, 0.2) is 42.5 Å². The van der Waals surface area contributed by atoms with E-state index in [2.05, 4.69) is 56.4 Å². The molecule has 0 aliphatic carbocycles. The van der Waals surface area contributed by atoms with E-state index in [1.165, 1.54) is 22.4 Å². The van der Waals surface area contributed by atoms with Crippen molar-refractivity contribution in [3.63, 3.8) is 0 Å². The zero-order valence-corrected chi connectivity index (χ0v) is 13.6. The highest BCUT2D eigenvalue weighted by Crippen LogP contribution is 2.24. The molecule has 1 atom stereocenters. The largest absolute Gasteiger partial charge is 0.491 e. The Morgan fingerprint density at radius 1 is 0.905 bits per heavy atom. The molecule has 112 valence electrons. The van der Waals surface area contributed by atoms with E-state index in [0.29, 0.717) is 0 Å². The maximum absolute atomic E-state index is 5.68. The molecule has 1 N–H and O–H groups in total. The summed E-state index contributed by atoms with van der Waals surface area (Å²) in [5.74, 6) is 0.924. The number of ether oxygens (including phenoxy) is 1. The van der Waals surface area contributed by atoms with E-state index < -0.39 is 0 Å². The first-order chi connectivity index (χ1) is 9.95. The summed E-state index contributed by atoms with van der Waals surface area (Å²) < 4.78 is 5.68. The first-order valence-electron chi connectivity index (χ1n) is 7.56. The number of hydrogen-bond donors (Lipinski definition) is 1. The molecule has 0 radical (unpaired) electrons. The van der Waals surface area contributed by atoms with Gasteiger partial charge in [0.15, 0.2) is 0 Å². The molecule has 0 bridgehead atoms. The normalized spacial score (nSPS) is 12.3. The van der Waals surface area contributed by atoms with Crippen molar-refractivity contribution in [2.45, 2.75) is 46.8 Å². The molecule has 2 aromatic rings. The van der Waals surface area contributed by atoms with Gasteiger partial charge in [-0.15, -0.1) is 0 Å². The Hall–Kier alpha value is -1.96. The smallest absolute Gasteiger partial charge is 0.119 e. The van der Waals surface area contributed by atoms with E-state index in [9.17, 15) is 0 Å². The highest BCUT2D eigenvalue weighted by molar-refractivity contribution is 5.53.